The molecule has 1 aromatic heterocycles. The topological polar surface area (TPSA) is 78.3 Å². The number of hydrogen-bond donors (Lipinski definition) is 1. The molecule has 0 saturated carbocycles. The Kier molecular flexibility index (Phi) is 5.43. The van der Waals surface area contributed by atoms with Gasteiger partial charge in [-0.05, 0) is 25.5 Å². The Morgan fingerprint density at radius 3 is 2.96 bits per heavy atom. The number of rotatable bonds is 7. The molecule has 0 bridgehead atoms. The first-order valence-electron chi connectivity index (χ1n) is 8.16. The molecule has 0 radical (unpaired) electrons. The lowest BCUT2D eigenvalue weighted by Gasteiger charge is -2.24. The molecule has 1 unspecified atom stereocenters. The summed E-state index contributed by atoms with van der Waals surface area (Å²) >= 11 is 0. The third kappa shape index (κ3) is 4.32. The maximum atomic E-state index is 12.0. The van der Waals surface area contributed by atoms with E-state index in [1.807, 2.05) is 37.3 Å². The summed E-state index contributed by atoms with van der Waals surface area (Å²) in [4.78, 5) is 12.0. The van der Waals surface area contributed by atoms with E-state index in [2.05, 4.69) is 20.1 Å². The quantitative estimate of drug-likeness (QED) is 0.770. The molecular weight excluding hydrogens is 308 g/mol. The fourth-order valence-corrected chi connectivity index (χ4v) is 2.75. The Morgan fingerprint density at radius 1 is 1.29 bits per heavy atom. The predicted octanol–water partition coefficient (Wildman–Crippen LogP) is 1.11. The van der Waals surface area contributed by atoms with Crippen molar-refractivity contribution in [1.82, 2.24) is 20.1 Å². The van der Waals surface area contributed by atoms with Crippen LogP contribution >= 0.6 is 0 Å². The Hall–Kier alpha value is -2.41. The number of carbonyl (C=O) groups is 1. The molecule has 24 heavy (non-hydrogen) atoms. The number of aromatic nitrogens is 3. The number of nitrogens with zero attached hydrogens (tertiary/aromatic N) is 3. The first kappa shape index (κ1) is 16.4. The lowest BCUT2D eigenvalue weighted by Crippen LogP contribution is -2.42. The van der Waals surface area contributed by atoms with Crippen LogP contribution in [0.2, 0.25) is 0 Å². The minimum atomic E-state index is -0.103. The van der Waals surface area contributed by atoms with Crippen LogP contribution in [0.1, 0.15) is 18.1 Å². The van der Waals surface area contributed by atoms with E-state index in [0.29, 0.717) is 13.2 Å². The molecule has 7 nitrogen and oxygen atoms in total. The molecule has 1 N–H and O–H groups in total. The van der Waals surface area contributed by atoms with Gasteiger partial charge in [-0.15, -0.1) is 10.2 Å². The second-order valence-electron chi connectivity index (χ2n) is 5.79. The van der Waals surface area contributed by atoms with Gasteiger partial charge in [-0.3, -0.25) is 4.79 Å². The molecule has 0 fully saturated rings. The molecule has 0 aliphatic carbocycles. The van der Waals surface area contributed by atoms with Gasteiger partial charge in [-0.2, -0.15) is 0 Å². The van der Waals surface area contributed by atoms with Crippen molar-refractivity contribution in [2.45, 2.75) is 32.4 Å². The van der Waals surface area contributed by atoms with Crippen molar-refractivity contribution in [3.05, 3.63) is 42.0 Å². The van der Waals surface area contributed by atoms with Crippen LogP contribution in [0.15, 0.2) is 30.3 Å². The lowest BCUT2D eigenvalue weighted by atomic mass is 10.1. The van der Waals surface area contributed by atoms with Crippen LogP contribution in [0.4, 0.5) is 0 Å². The SMILES string of the molecule is Cc1nnc2n1CC(NC(=O)COCCOc1ccccc1)CC2. The van der Waals surface area contributed by atoms with Gasteiger partial charge in [0.25, 0.3) is 0 Å². The van der Waals surface area contributed by atoms with Crippen LogP contribution in [0.3, 0.4) is 0 Å². The molecular formula is C17H22N4O3. The Bertz CT molecular complexity index is 672. The van der Waals surface area contributed by atoms with Gasteiger partial charge < -0.3 is 19.4 Å². The van der Waals surface area contributed by atoms with Gasteiger partial charge in [0.15, 0.2) is 0 Å². The highest BCUT2D eigenvalue weighted by Gasteiger charge is 2.22. The molecule has 0 saturated heterocycles. The molecule has 1 aliphatic rings. The van der Waals surface area contributed by atoms with Gasteiger partial charge in [0.2, 0.25) is 5.91 Å². The van der Waals surface area contributed by atoms with Gasteiger partial charge in [0.05, 0.1) is 6.61 Å². The molecule has 0 spiro atoms. The molecule has 1 atom stereocenters. The molecule has 2 aromatic rings. The maximum Gasteiger partial charge on any atom is 0.246 e. The summed E-state index contributed by atoms with van der Waals surface area (Å²) in [5.74, 6) is 2.58. The summed E-state index contributed by atoms with van der Waals surface area (Å²) in [7, 11) is 0. The van der Waals surface area contributed by atoms with E-state index in [0.717, 1.165) is 36.8 Å². The highest BCUT2D eigenvalue weighted by atomic mass is 16.5. The normalized spacial score (nSPS) is 16.5. The monoisotopic (exact) mass is 330 g/mol. The smallest absolute Gasteiger partial charge is 0.246 e. The summed E-state index contributed by atoms with van der Waals surface area (Å²) in [5, 5.41) is 11.2. The number of para-hydroxylation sites is 1. The molecule has 7 heteroatoms. The Balaban J connectivity index is 1.32. The molecule has 128 valence electrons. The molecule has 1 amide bonds. The summed E-state index contributed by atoms with van der Waals surface area (Å²) in [6, 6.07) is 9.63. The van der Waals surface area contributed by atoms with E-state index < -0.39 is 0 Å². The fourth-order valence-electron chi connectivity index (χ4n) is 2.75. The number of nitrogens with one attached hydrogen (secondary N) is 1. The average molecular weight is 330 g/mol. The number of hydrogen-bond acceptors (Lipinski definition) is 5. The van der Waals surface area contributed by atoms with E-state index in [1.54, 1.807) is 0 Å². The number of aryl methyl sites for hydroxylation is 2. The zero-order chi connectivity index (χ0) is 16.8. The van der Waals surface area contributed by atoms with E-state index in [1.165, 1.54) is 0 Å². The zero-order valence-corrected chi connectivity index (χ0v) is 13.8. The van der Waals surface area contributed by atoms with Crippen LogP contribution in [-0.2, 0) is 22.5 Å². The Labute approximate surface area is 141 Å². The molecule has 1 aromatic carbocycles. The molecule has 1 aliphatic heterocycles. The second-order valence-corrected chi connectivity index (χ2v) is 5.79. The third-order valence-electron chi connectivity index (χ3n) is 3.97. The summed E-state index contributed by atoms with van der Waals surface area (Å²) in [6.45, 7) is 3.49. The minimum Gasteiger partial charge on any atom is -0.491 e. The van der Waals surface area contributed by atoms with Crippen molar-refractivity contribution in [2.75, 3.05) is 19.8 Å². The van der Waals surface area contributed by atoms with Crippen molar-refractivity contribution in [3.8, 4) is 5.75 Å². The highest BCUT2D eigenvalue weighted by Crippen LogP contribution is 2.14. The molecule has 2 heterocycles. The first-order valence-corrected chi connectivity index (χ1v) is 8.16. The van der Waals surface area contributed by atoms with Crippen molar-refractivity contribution in [3.63, 3.8) is 0 Å². The maximum absolute atomic E-state index is 12.0. The van der Waals surface area contributed by atoms with E-state index in [4.69, 9.17) is 9.47 Å². The average Bonchev–Trinajstić information content (AvgIpc) is 2.96. The van der Waals surface area contributed by atoms with Crippen molar-refractivity contribution >= 4 is 5.91 Å². The van der Waals surface area contributed by atoms with Crippen LogP contribution < -0.4 is 10.1 Å². The first-order chi connectivity index (χ1) is 11.7. The largest absolute Gasteiger partial charge is 0.491 e. The lowest BCUT2D eigenvalue weighted by molar-refractivity contribution is -0.126. The standard InChI is InChI=1S/C17H22N4O3/c1-13-19-20-16-8-7-14(11-21(13)16)18-17(22)12-23-9-10-24-15-5-3-2-4-6-15/h2-6,14H,7-12H2,1H3,(H,18,22). The predicted molar refractivity (Wildman–Crippen MR) is 87.8 cm³/mol. The van der Waals surface area contributed by atoms with Crippen molar-refractivity contribution < 1.29 is 14.3 Å². The number of fused-ring (bicyclic) bond motifs is 1. The van der Waals surface area contributed by atoms with Crippen LogP contribution in [-0.4, -0.2) is 46.5 Å². The minimum absolute atomic E-state index is 0.0443. The summed E-state index contributed by atoms with van der Waals surface area (Å²) < 4.78 is 12.9. The second kappa shape index (κ2) is 7.92. The number of benzene rings is 1. The van der Waals surface area contributed by atoms with Crippen LogP contribution in [0.25, 0.3) is 0 Å². The van der Waals surface area contributed by atoms with Gasteiger partial charge in [-0.1, -0.05) is 18.2 Å². The number of carbonyl (C=O) groups excluding carboxylic acids is 1. The number of amides is 1. The van der Waals surface area contributed by atoms with E-state index >= 15 is 0 Å². The van der Waals surface area contributed by atoms with Crippen LogP contribution in [0, 0.1) is 6.92 Å². The summed E-state index contributed by atoms with van der Waals surface area (Å²) in [6.07, 6.45) is 1.71. The van der Waals surface area contributed by atoms with Gasteiger partial charge >= 0.3 is 0 Å². The van der Waals surface area contributed by atoms with Gasteiger partial charge in [0, 0.05) is 19.0 Å². The van der Waals surface area contributed by atoms with Crippen molar-refractivity contribution in [2.24, 2.45) is 0 Å². The van der Waals surface area contributed by atoms with Gasteiger partial charge in [-0.25, -0.2) is 0 Å². The number of ether oxygens (including phenoxy) is 2. The fraction of sp³-hybridized carbons (Fsp3) is 0.471. The van der Waals surface area contributed by atoms with Crippen LogP contribution in [0.5, 0.6) is 5.75 Å². The zero-order valence-electron chi connectivity index (χ0n) is 13.8. The molecule has 3 rings (SSSR count). The van der Waals surface area contributed by atoms with E-state index in [-0.39, 0.29) is 18.6 Å². The Morgan fingerprint density at radius 2 is 2.12 bits per heavy atom. The van der Waals surface area contributed by atoms with Crippen molar-refractivity contribution in [1.29, 1.82) is 0 Å². The van der Waals surface area contributed by atoms with E-state index in [9.17, 15) is 4.79 Å². The van der Waals surface area contributed by atoms with Gasteiger partial charge in [0.1, 0.15) is 30.6 Å². The summed E-state index contributed by atoms with van der Waals surface area (Å²) in [5.41, 5.74) is 0. The third-order valence-corrected chi connectivity index (χ3v) is 3.97. The highest BCUT2D eigenvalue weighted by molar-refractivity contribution is 5.77.